The summed E-state index contributed by atoms with van der Waals surface area (Å²) in [5.74, 6) is 0. The van der Waals surface area contributed by atoms with Gasteiger partial charge in [-0.2, -0.15) is 0 Å². The van der Waals surface area contributed by atoms with Crippen LogP contribution in [-0.4, -0.2) is 4.57 Å². The minimum atomic E-state index is -0.526. The molecular formula is C80H56N2. The molecule has 0 fully saturated rings. The van der Waals surface area contributed by atoms with E-state index in [4.69, 9.17) is 0 Å². The summed E-state index contributed by atoms with van der Waals surface area (Å²) in [7, 11) is 0. The molecule has 16 rings (SSSR count). The molecule has 82 heavy (non-hydrogen) atoms. The van der Waals surface area contributed by atoms with Gasteiger partial charge in [-0.15, -0.1) is 0 Å². The van der Waals surface area contributed by atoms with Crippen molar-refractivity contribution in [2.75, 3.05) is 4.90 Å². The molecule has 0 atom stereocenters. The molecule has 1 aromatic heterocycles. The first-order valence-corrected chi connectivity index (χ1v) is 28.8. The molecule has 3 aliphatic rings. The minimum absolute atomic E-state index is 0.514. The van der Waals surface area contributed by atoms with Crippen molar-refractivity contribution < 1.29 is 0 Å². The molecule has 0 saturated carbocycles. The van der Waals surface area contributed by atoms with Crippen molar-refractivity contribution in [2.24, 2.45) is 0 Å². The van der Waals surface area contributed by atoms with Crippen LogP contribution in [0, 0.1) is 0 Å². The van der Waals surface area contributed by atoms with Gasteiger partial charge in [0.2, 0.25) is 0 Å². The molecule has 3 aliphatic carbocycles. The minimum Gasteiger partial charge on any atom is -0.310 e. The molecule has 0 unspecified atom stereocenters. The number of hydrogen-bond acceptors (Lipinski definition) is 1. The number of hydrogen-bond donors (Lipinski definition) is 0. The van der Waals surface area contributed by atoms with Crippen LogP contribution in [0.25, 0.3) is 66.4 Å². The highest BCUT2D eigenvalue weighted by Gasteiger charge is 2.48. The van der Waals surface area contributed by atoms with E-state index in [-0.39, 0.29) is 0 Å². The van der Waals surface area contributed by atoms with Crippen LogP contribution >= 0.6 is 0 Å². The quantitative estimate of drug-likeness (QED) is 0.133. The molecule has 13 aromatic rings. The van der Waals surface area contributed by atoms with Crippen LogP contribution < -0.4 is 4.90 Å². The normalized spacial score (nSPS) is 14.2. The van der Waals surface area contributed by atoms with Crippen LogP contribution in [0.15, 0.2) is 315 Å². The molecule has 2 nitrogen and oxygen atoms in total. The molecule has 12 aromatic carbocycles. The number of para-hydroxylation sites is 1. The summed E-state index contributed by atoms with van der Waals surface area (Å²) in [5.41, 5.74) is 26.1. The van der Waals surface area contributed by atoms with Crippen LogP contribution in [0.4, 0.5) is 17.1 Å². The molecular weight excluding hydrogens is 989 g/mol. The molecule has 0 radical (unpaired) electrons. The third-order valence-electron chi connectivity index (χ3n) is 18.0. The molecule has 0 amide bonds. The van der Waals surface area contributed by atoms with Gasteiger partial charge in [0.05, 0.1) is 27.6 Å². The summed E-state index contributed by atoms with van der Waals surface area (Å²) in [6.07, 6.45) is 8.84. The Kier molecular flexibility index (Phi) is 11.2. The fourth-order valence-electron chi connectivity index (χ4n) is 14.6. The molecule has 0 N–H and O–H groups in total. The Balaban J connectivity index is 0.874. The number of anilines is 3. The summed E-state index contributed by atoms with van der Waals surface area (Å²) in [4.78, 5) is 2.49. The van der Waals surface area contributed by atoms with E-state index in [0.29, 0.717) is 0 Å². The van der Waals surface area contributed by atoms with Gasteiger partial charge in [-0.3, -0.25) is 0 Å². The third-order valence-corrected chi connectivity index (χ3v) is 18.0. The lowest BCUT2D eigenvalue weighted by Crippen LogP contribution is -2.28. The van der Waals surface area contributed by atoms with Gasteiger partial charge in [0.15, 0.2) is 0 Å². The summed E-state index contributed by atoms with van der Waals surface area (Å²) < 4.78 is 2.44. The van der Waals surface area contributed by atoms with E-state index in [0.717, 1.165) is 41.2 Å². The lowest BCUT2D eigenvalue weighted by molar-refractivity contribution is 0.768. The maximum Gasteiger partial charge on any atom is 0.0714 e. The maximum absolute atomic E-state index is 2.50. The van der Waals surface area contributed by atoms with Gasteiger partial charge in [0.1, 0.15) is 0 Å². The second-order valence-corrected chi connectivity index (χ2v) is 22.2. The van der Waals surface area contributed by atoms with E-state index in [2.05, 4.69) is 325 Å². The number of aromatic nitrogens is 1. The zero-order chi connectivity index (χ0) is 54.2. The Morgan fingerprint density at radius 3 is 1.38 bits per heavy atom. The maximum atomic E-state index is 2.50. The SMILES string of the molecule is C1=CCCC(c2ccc(N(c3ccc(-c4ccc5c(c4)c4cc(C6(c7ccccc7)c7ccccc7-c7ccccc76)ccc4n5-c4ccccc4)cc3)c3cccc4c3-c3ccccc3C4(c3ccccc3)c3ccccc3)cc2)=C1. The van der Waals surface area contributed by atoms with Gasteiger partial charge in [-0.05, 0) is 163 Å². The molecule has 2 heteroatoms. The average molecular weight is 1050 g/mol. The number of rotatable bonds is 10. The van der Waals surface area contributed by atoms with E-state index in [1.54, 1.807) is 0 Å². The van der Waals surface area contributed by atoms with Crippen molar-refractivity contribution in [1.82, 2.24) is 4.57 Å². The number of benzene rings is 12. The largest absolute Gasteiger partial charge is 0.310 e. The van der Waals surface area contributed by atoms with Crippen LogP contribution in [0.1, 0.15) is 62.9 Å². The van der Waals surface area contributed by atoms with Crippen LogP contribution in [-0.2, 0) is 10.8 Å². The zero-order valence-electron chi connectivity index (χ0n) is 45.3. The summed E-state index contributed by atoms with van der Waals surface area (Å²) >= 11 is 0. The topological polar surface area (TPSA) is 8.17 Å². The van der Waals surface area contributed by atoms with Gasteiger partial charge in [-0.25, -0.2) is 0 Å². The van der Waals surface area contributed by atoms with Crippen LogP contribution in [0.3, 0.4) is 0 Å². The van der Waals surface area contributed by atoms with E-state index in [1.165, 1.54) is 105 Å². The Labute approximate surface area is 479 Å². The predicted molar refractivity (Wildman–Crippen MR) is 342 cm³/mol. The standard InChI is InChI=1S/C80H56N2/c1-6-23-55(24-7-1)56-41-47-64(48-42-56)81(77-40-22-39-74-78(77)68-35-18-21-38-73(68)79(74,59-25-8-2-9-26-59)60-27-10-3-11-28-60)65-49-43-57(44-50-65)58-45-51-75-69(53-58)70-54-62(46-52-76(70)82(75)63-31-14-5-15-32-63)80(61-29-12-4-13-30-61)71-36-19-16-33-66(71)67-34-17-20-37-72(67)80/h1-6,8-23,25-54H,7,24H2. The van der Waals surface area contributed by atoms with Crippen molar-refractivity contribution >= 4 is 44.4 Å². The molecule has 0 saturated heterocycles. The summed E-state index contributed by atoms with van der Waals surface area (Å²) in [5, 5.41) is 2.44. The second-order valence-electron chi connectivity index (χ2n) is 22.2. The van der Waals surface area contributed by atoms with Gasteiger partial charge in [0.25, 0.3) is 0 Å². The van der Waals surface area contributed by atoms with Crippen LogP contribution in [0.2, 0.25) is 0 Å². The predicted octanol–water partition coefficient (Wildman–Crippen LogP) is 20.4. The molecule has 0 spiro atoms. The van der Waals surface area contributed by atoms with Crippen molar-refractivity contribution in [2.45, 2.75) is 23.7 Å². The molecule has 1 heterocycles. The zero-order valence-corrected chi connectivity index (χ0v) is 45.3. The monoisotopic (exact) mass is 1040 g/mol. The van der Waals surface area contributed by atoms with Crippen molar-refractivity contribution in [3.05, 3.63) is 366 Å². The summed E-state index contributed by atoms with van der Waals surface area (Å²) in [6, 6.07) is 111. The first kappa shape index (κ1) is 47.7. The molecule has 386 valence electrons. The molecule has 0 aliphatic heterocycles. The third kappa shape index (κ3) is 7.14. The Morgan fingerprint density at radius 1 is 0.341 bits per heavy atom. The molecule has 0 bridgehead atoms. The van der Waals surface area contributed by atoms with Crippen LogP contribution in [0.5, 0.6) is 0 Å². The van der Waals surface area contributed by atoms with Crippen molar-refractivity contribution in [3.63, 3.8) is 0 Å². The van der Waals surface area contributed by atoms with Crippen molar-refractivity contribution in [3.8, 4) is 39.1 Å². The first-order valence-electron chi connectivity index (χ1n) is 28.8. The smallest absolute Gasteiger partial charge is 0.0714 e. The second kappa shape index (κ2) is 19.2. The fraction of sp³-hybridized carbons (Fsp3) is 0.0500. The Morgan fingerprint density at radius 2 is 0.805 bits per heavy atom. The van der Waals surface area contributed by atoms with E-state index >= 15 is 0 Å². The fourth-order valence-corrected chi connectivity index (χ4v) is 14.6. The Hall–Kier alpha value is -10.3. The lowest BCUT2D eigenvalue weighted by Gasteiger charge is -2.34. The van der Waals surface area contributed by atoms with Gasteiger partial charge in [-0.1, -0.05) is 249 Å². The average Bonchev–Trinajstić information content (AvgIpc) is 2.91. The van der Waals surface area contributed by atoms with E-state index in [1.807, 2.05) is 0 Å². The van der Waals surface area contributed by atoms with Gasteiger partial charge >= 0.3 is 0 Å². The van der Waals surface area contributed by atoms with Gasteiger partial charge in [0, 0.05) is 33.4 Å². The Bertz CT molecular complexity index is 4560. The van der Waals surface area contributed by atoms with E-state index in [9.17, 15) is 0 Å². The number of allylic oxidation sites excluding steroid dienone is 4. The highest BCUT2D eigenvalue weighted by molar-refractivity contribution is 6.11. The number of nitrogens with zero attached hydrogens (tertiary/aromatic N) is 2. The number of fused-ring (bicyclic) bond motifs is 9. The van der Waals surface area contributed by atoms with Crippen molar-refractivity contribution in [1.29, 1.82) is 0 Å². The van der Waals surface area contributed by atoms with E-state index < -0.39 is 10.8 Å². The van der Waals surface area contributed by atoms with Gasteiger partial charge < -0.3 is 9.47 Å². The lowest BCUT2D eigenvalue weighted by atomic mass is 9.67. The first-order chi connectivity index (χ1) is 40.7. The summed E-state index contributed by atoms with van der Waals surface area (Å²) in [6.45, 7) is 0. The highest BCUT2D eigenvalue weighted by Crippen LogP contribution is 2.60. The highest BCUT2D eigenvalue weighted by atomic mass is 15.1.